The lowest BCUT2D eigenvalue weighted by Crippen LogP contribution is -2.19. The average Bonchev–Trinajstić information content (AvgIpc) is 2.79. The highest BCUT2D eigenvalue weighted by atomic mass is 16.7. The number of carbonyl (C=O) groups excluding carboxylic acids is 4. The monoisotopic (exact) mass is 458 g/mol. The molecule has 0 heterocycles. The van der Waals surface area contributed by atoms with Crippen LogP contribution >= 0.6 is 0 Å². The van der Waals surface area contributed by atoms with Gasteiger partial charge in [0.1, 0.15) is 34.8 Å². The summed E-state index contributed by atoms with van der Waals surface area (Å²) in [6, 6.07) is 12.0. The standard InChI is InChI=1S/C24H26O9/c1-5-15(3)29-23(27)32-21(25)17-11-7-9-13-19(17)31-20-14-10-8-12-18(20)22(26)33-24(28)30-16(4)6-2/h7-16H,5-6H2,1-4H3. The van der Waals surface area contributed by atoms with Crippen LogP contribution in [-0.4, -0.2) is 36.5 Å². The first-order valence-electron chi connectivity index (χ1n) is 10.5. The molecule has 0 saturated carbocycles. The zero-order valence-electron chi connectivity index (χ0n) is 18.9. The Balaban J connectivity index is 2.19. The largest absolute Gasteiger partial charge is 0.516 e. The molecule has 33 heavy (non-hydrogen) atoms. The molecule has 0 radical (unpaired) electrons. The number of esters is 2. The number of hydrogen-bond donors (Lipinski definition) is 0. The highest BCUT2D eigenvalue weighted by molar-refractivity contribution is 5.99. The summed E-state index contributed by atoms with van der Waals surface area (Å²) < 4.78 is 25.1. The smallest absolute Gasteiger partial charge is 0.456 e. The van der Waals surface area contributed by atoms with Gasteiger partial charge in [-0.25, -0.2) is 19.2 Å². The molecule has 2 atom stereocenters. The first-order chi connectivity index (χ1) is 15.7. The molecule has 0 bridgehead atoms. The minimum Gasteiger partial charge on any atom is -0.456 e. The molecular formula is C24H26O9. The fourth-order valence-electron chi connectivity index (χ4n) is 2.37. The van der Waals surface area contributed by atoms with E-state index in [1.165, 1.54) is 24.3 Å². The molecule has 0 N–H and O–H groups in total. The van der Waals surface area contributed by atoms with Gasteiger partial charge in [-0.15, -0.1) is 0 Å². The lowest BCUT2D eigenvalue weighted by Gasteiger charge is -2.14. The van der Waals surface area contributed by atoms with E-state index < -0.39 is 36.5 Å². The summed E-state index contributed by atoms with van der Waals surface area (Å²) >= 11 is 0. The van der Waals surface area contributed by atoms with Crippen LogP contribution in [0.3, 0.4) is 0 Å². The Morgan fingerprint density at radius 2 is 1.03 bits per heavy atom. The zero-order chi connectivity index (χ0) is 24.4. The van der Waals surface area contributed by atoms with Crippen LogP contribution in [0.25, 0.3) is 0 Å². The van der Waals surface area contributed by atoms with Crippen LogP contribution in [0.5, 0.6) is 11.5 Å². The van der Waals surface area contributed by atoms with Crippen molar-refractivity contribution < 1.29 is 42.9 Å². The Labute approximate surface area is 191 Å². The number of carbonyl (C=O) groups is 4. The second kappa shape index (κ2) is 12.2. The van der Waals surface area contributed by atoms with E-state index in [1.807, 2.05) is 13.8 Å². The zero-order valence-corrected chi connectivity index (χ0v) is 18.9. The SMILES string of the molecule is CCC(C)OC(=O)OC(=O)c1ccccc1Oc1ccccc1C(=O)OC(=O)OC(C)CC. The third-order valence-corrected chi connectivity index (χ3v) is 4.53. The van der Waals surface area contributed by atoms with E-state index in [0.717, 1.165) is 0 Å². The third-order valence-electron chi connectivity index (χ3n) is 4.53. The highest BCUT2D eigenvalue weighted by Gasteiger charge is 2.23. The normalized spacial score (nSPS) is 12.1. The maximum absolute atomic E-state index is 12.5. The summed E-state index contributed by atoms with van der Waals surface area (Å²) in [5.41, 5.74) is -0.143. The molecule has 0 aliphatic carbocycles. The number of ether oxygens (including phenoxy) is 5. The van der Waals surface area contributed by atoms with E-state index in [9.17, 15) is 19.2 Å². The van der Waals surface area contributed by atoms with E-state index in [1.54, 1.807) is 38.1 Å². The lowest BCUT2D eigenvalue weighted by atomic mass is 10.2. The topological polar surface area (TPSA) is 114 Å². The lowest BCUT2D eigenvalue weighted by molar-refractivity contribution is 0.0227. The molecule has 0 aliphatic heterocycles. The third kappa shape index (κ3) is 7.64. The van der Waals surface area contributed by atoms with Crippen molar-refractivity contribution in [3.63, 3.8) is 0 Å². The van der Waals surface area contributed by atoms with Crippen LogP contribution in [0.2, 0.25) is 0 Å². The summed E-state index contributed by atoms with van der Waals surface area (Å²) in [6.07, 6.45) is -1.98. The Morgan fingerprint density at radius 1 is 0.667 bits per heavy atom. The minimum atomic E-state index is -1.13. The Hall–Kier alpha value is -3.88. The van der Waals surface area contributed by atoms with Gasteiger partial charge in [0, 0.05) is 0 Å². The van der Waals surface area contributed by atoms with Gasteiger partial charge in [-0.2, -0.15) is 0 Å². The van der Waals surface area contributed by atoms with Gasteiger partial charge < -0.3 is 23.7 Å². The van der Waals surface area contributed by atoms with E-state index in [4.69, 9.17) is 23.7 Å². The molecule has 2 rings (SSSR count). The molecule has 176 valence electrons. The van der Waals surface area contributed by atoms with Crippen LogP contribution in [0.15, 0.2) is 48.5 Å². The summed E-state index contributed by atoms with van der Waals surface area (Å²) in [5, 5.41) is 0. The van der Waals surface area contributed by atoms with Gasteiger partial charge >= 0.3 is 24.2 Å². The van der Waals surface area contributed by atoms with Gasteiger partial charge in [-0.1, -0.05) is 38.1 Å². The van der Waals surface area contributed by atoms with Crippen molar-refractivity contribution in [3.05, 3.63) is 59.7 Å². The number of benzene rings is 2. The van der Waals surface area contributed by atoms with Crippen molar-refractivity contribution in [3.8, 4) is 11.5 Å². The molecule has 9 heteroatoms. The maximum Gasteiger partial charge on any atom is 0.516 e. The maximum atomic E-state index is 12.5. The second-order valence-electron chi connectivity index (χ2n) is 7.05. The molecule has 2 aromatic carbocycles. The fraction of sp³-hybridized carbons (Fsp3) is 0.333. The number of para-hydroxylation sites is 2. The van der Waals surface area contributed by atoms with Gasteiger partial charge in [-0.05, 0) is 51.0 Å². The predicted molar refractivity (Wildman–Crippen MR) is 116 cm³/mol. The van der Waals surface area contributed by atoms with Crippen molar-refractivity contribution in [1.82, 2.24) is 0 Å². The second-order valence-corrected chi connectivity index (χ2v) is 7.05. The molecule has 0 aliphatic rings. The molecule has 0 amide bonds. The van der Waals surface area contributed by atoms with Crippen LogP contribution in [0.4, 0.5) is 9.59 Å². The van der Waals surface area contributed by atoms with E-state index in [2.05, 4.69) is 0 Å². The van der Waals surface area contributed by atoms with Crippen LogP contribution in [0, 0.1) is 0 Å². The Kier molecular flexibility index (Phi) is 9.41. The molecule has 0 spiro atoms. The van der Waals surface area contributed by atoms with Crippen molar-refractivity contribution in [2.75, 3.05) is 0 Å². The molecule has 0 aromatic heterocycles. The number of rotatable bonds is 8. The summed E-state index contributed by atoms with van der Waals surface area (Å²) in [7, 11) is 0. The van der Waals surface area contributed by atoms with Crippen molar-refractivity contribution in [1.29, 1.82) is 0 Å². The van der Waals surface area contributed by atoms with Crippen molar-refractivity contribution in [2.45, 2.75) is 52.7 Å². The van der Waals surface area contributed by atoms with E-state index in [0.29, 0.717) is 12.8 Å². The molecular weight excluding hydrogens is 432 g/mol. The molecule has 2 unspecified atom stereocenters. The predicted octanol–water partition coefficient (Wildman–Crippen LogP) is 5.66. The van der Waals surface area contributed by atoms with Gasteiger partial charge in [0.15, 0.2) is 0 Å². The van der Waals surface area contributed by atoms with Crippen molar-refractivity contribution >= 4 is 24.2 Å². The van der Waals surface area contributed by atoms with Gasteiger partial charge in [-0.3, -0.25) is 0 Å². The molecule has 9 nitrogen and oxygen atoms in total. The Bertz CT molecular complexity index is 919. The highest BCUT2D eigenvalue weighted by Crippen LogP contribution is 2.29. The fourth-order valence-corrected chi connectivity index (χ4v) is 2.37. The first kappa shape index (κ1) is 25.4. The van der Waals surface area contributed by atoms with Gasteiger partial charge in [0.2, 0.25) is 0 Å². The van der Waals surface area contributed by atoms with E-state index in [-0.39, 0.29) is 22.6 Å². The quantitative estimate of drug-likeness (QED) is 0.365. The molecule has 0 saturated heterocycles. The van der Waals surface area contributed by atoms with Crippen molar-refractivity contribution in [2.24, 2.45) is 0 Å². The van der Waals surface area contributed by atoms with Gasteiger partial charge in [0.05, 0.1) is 0 Å². The average molecular weight is 458 g/mol. The van der Waals surface area contributed by atoms with Gasteiger partial charge in [0.25, 0.3) is 0 Å². The first-order valence-corrected chi connectivity index (χ1v) is 10.5. The molecule has 0 fully saturated rings. The van der Waals surface area contributed by atoms with E-state index >= 15 is 0 Å². The number of hydrogen-bond acceptors (Lipinski definition) is 9. The summed E-state index contributed by atoms with van der Waals surface area (Å²) in [6.45, 7) is 6.96. The minimum absolute atomic E-state index is 0.0151. The van der Waals surface area contributed by atoms with Crippen LogP contribution < -0.4 is 4.74 Å². The summed E-state index contributed by atoms with van der Waals surface area (Å²) in [5.74, 6) is -1.95. The summed E-state index contributed by atoms with van der Waals surface area (Å²) in [4.78, 5) is 48.5. The van der Waals surface area contributed by atoms with Crippen LogP contribution in [0.1, 0.15) is 61.3 Å². The van der Waals surface area contributed by atoms with Crippen LogP contribution in [-0.2, 0) is 18.9 Å². The molecule has 2 aromatic rings. The Morgan fingerprint density at radius 3 is 1.39 bits per heavy atom.